The van der Waals surface area contributed by atoms with Crippen LogP contribution >= 0.6 is 11.8 Å². The van der Waals surface area contributed by atoms with Crippen molar-refractivity contribution in [2.24, 2.45) is 0 Å². The van der Waals surface area contributed by atoms with Crippen LogP contribution in [-0.4, -0.2) is 23.6 Å². The maximum atomic E-state index is 3.78. The fourth-order valence-corrected chi connectivity index (χ4v) is 3.18. The van der Waals surface area contributed by atoms with Gasteiger partial charge < -0.3 is 5.32 Å². The lowest BCUT2D eigenvalue weighted by molar-refractivity contribution is 0.320. The highest BCUT2D eigenvalue weighted by Gasteiger charge is 2.35. The van der Waals surface area contributed by atoms with Gasteiger partial charge in [-0.1, -0.05) is 33.1 Å². The molecule has 0 radical (unpaired) electrons. The molecule has 1 nitrogen and oxygen atoms in total. The fraction of sp³-hybridized carbons (Fsp3) is 1.00. The summed E-state index contributed by atoms with van der Waals surface area (Å²) in [7, 11) is 0. The molecule has 0 aromatic heterocycles. The Balaban J connectivity index is 2.20. The maximum Gasteiger partial charge on any atom is 0.0281 e. The molecular formula is C13H27NS. The number of thioether (sulfide) groups is 1. The molecule has 1 N–H and O–H groups in total. The third-order valence-electron chi connectivity index (χ3n) is 3.81. The number of hydrogen-bond donors (Lipinski definition) is 1. The third-order valence-corrected chi connectivity index (χ3v) is 5.23. The molecule has 1 atom stereocenters. The van der Waals surface area contributed by atoms with E-state index < -0.39 is 0 Å². The van der Waals surface area contributed by atoms with Gasteiger partial charge in [-0.25, -0.2) is 0 Å². The Bertz CT molecular complexity index is 160. The Morgan fingerprint density at radius 3 is 2.47 bits per heavy atom. The highest BCUT2D eigenvalue weighted by Crippen LogP contribution is 2.42. The van der Waals surface area contributed by atoms with Gasteiger partial charge in [0.25, 0.3) is 0 Å². The van der Waals surface area contributed by atoms with Crippen LogP contribution < -0.4 is 5.32 Å². The average Bonchev–Trinajstić information content (AvgIpc) is 2.21. The van der Waals surface area contributed by atoms with Gasteiger partial charge in [-0.2, -0.15) is 11.8 Å². The van der Waals surface area contributed by atoms with Crippen LogP contribution in [0.5, 0.6) is 0 Å². The van der Waals surface area contributed by atoms with Gasteiger partial charge in [0.05, 0.1) is 0 Å². The van der Waals surface area contributed by atoms with Gasteiger partial charge in [-0.15, -0.1) is 0 Å². The van der Waals surface area contributed by atoms with Crippen molar-refractivity contribution in [3.05, 3.63) is 0 Å². The molecule has 0 spiro atoms. The van der Waals surface area contributed by atoms with Crippen molar-refractivity contribution in [1.29, 1.82) is 0 Å². The molecule has 1 rings (SSSR count). The van der Waals surface area contributed by atoms with E-state index in [2.05, 4.69) is 37.2 Å². The number of nitrogens with one attached hydrogen (secondary N) is 1. The van der Waals surface area contributed by atoms with Crippen molar-refractivity contribution in [3.63, 3.8) is 0 Å². The Morgan fingerprint density at radius 1 is 1.33 bits per heavy atom. The molecule has 0 aliphatic heterocycles. The van der Waals surface area contributed by atoms with Crippen molar-refractivity contribution < 1.29 is 0 Å². The first kappa shape index (κ1) is 13.4. The van der Waals surface area contributed by atoms with Gasteiger partial charge in [0.2, 0.25) is 0 Å². The Kier molecular flexibility index (Phi) is 6.06. The normalized spacial score (nSPS) is 21.0. The zero-order chi connectivity index (χ0) is 11.1. The van der Waals surface area contributed by atoms with Gasteiger partial charge in [0.1, 0.15) is 0 Å². The predicted molar refractivity (Wildman–Crippen MR) is 71.7 cm³/mol. The van der Waals surface area contributed by atoms with Crippen molar-refractivity contribution in [2.75, 3.05) is 12.8 Å². The first-order chi connectivity index (χ1) is 7.26. The molecule has 1 aliphatic rings. The first-order valence-corrected chi connectivity index (χ1v) is 7.77. The van der Waals surface area contributed by atoms with E-state index in [0.717, 1.165) is 6.04 Å². The van der Waals surface area contributed by atoms with Crippen LogP contribution in [0.4, 0.5) is 0 Å². The molecule has 1 fully saturated rings. The quantitative estimate of drug-likeness (QED) is 0.679. The molecule has 1 saturated carbocycles. The lowest BCUT2D eigenvalue weighted by atomic mass is 9.84. The molecule has 90 valence electrons. The molecule has 0 aromatic carbocycles. The smallest absolute Gasteiger partial charge is 0.0281 e. The second-order valence-corrected chi connectivity index (χ2v) is 6.14. The highest BCUT2D eigenvalue weighted by molar-refractivity contribution is 8.00. The molecule has 0 amide bonds. The fourth-order valence-electron chi connectivity index (χ4n) is 2.26. The summed E-state index contributed by atoms with van der Waals surface area (Å²) >= 11 is 2.07. The molecule has 1 unspecified atom stereocenters. The molecular weight excluding hydrogens is 202 g/mol. The van der Waals surface area contributed by atoms with Crippen molar-refractivity contribution in [3.8, 4) is 0 Å². The molecule has 2 heteroatoms. The van der Waals surface area contributed by atoms with Gasteiger partial charge in [0.15, 0.2) is 0 Å². The molecule has 1 aliphatic carbocycles. The zero-order valence-corrected chi connectivity index (χ0v) is 11.5. The summed E-state index contributed by atoms with van der Waals surface area (Å²) in [6.07, 6.45) is 11.9. The summed E-state index contributed by atoms with van der Waals surface area (Å²) in [6.45, 7) is 5.82. The highest BCUT2D eigenvalue weighted by atomic mass is 32.2. The first-order valence-electron chi connectivity index (χ1n) is 6.55. The van der Waals surface area contributed by atoms with Crippen LogP contribution in [0.3, 0.4) is 0 Å². The topological polar surface area (TPSA) is 12.0 Å². The molecule has 0 saturated heterocycles. The molecule has 15 heavy (non-hydrogen) atoms. The third kappa shape index (κ3) is 3.99. The van der Waals surface area contributed by atoms with E-state index in [4.69, 9.17) is 0 Å². The summed E-state index contributed by atoms with van der Waals surface area (Å²) < 4.78 is 0.597. The van der Waals surface area contributed by atoms with Crippen LogP contribution in [-0.2, 0) is 0 Å². The number of rotatable bonds is 8. The molecule has 0 bridgehead atoms. The summed E-state index contributed by atoms with van der Waals surface area (Å²) in [5.74, 6) is 0. The van der Waals surface area contributed by atoms with E-state index in [1.165, 1.54) is 51.5 Å². The van der Waals surface area contributed by atoms with E-state index in [1.54, 1.807) is 0 Å². The minimum Gasteiger partial charge on any atom is -0.313 e. The van der Waals surface area contributed by atoms with Crippen LogP contribution in [0.25, 0.3) is 0 Å². The van der Waals surface area contributed by atoms with Gasteiger partial charge in [-0.3, -0.25) is 0 Å². The lowest BCUT2D eigenvalue weighted by Gasteiger charge is -2.41. The van der Waals surface area contributed by atoms with Gasteiger partial charge in [-0.05, 0) is 31.9 Å². The summed E-state index contributed by atoms with van der Waals surface area (Å²) in [4.78, 5) is 0. The Morgan fingerprint density at radius 2 is 2.07 bits per heavy atom. The van der Waals surface area contributed by atoms with Crippen molar-refractivity contribution in [2.45, 2.75) is 69.6 Å². The Hall–Kier alpha value is 0.310. The summed E-state index contributed by atoms with van der Waals surface area (Å²) in [6, 6.07) is 0.759. The zero-order valence-electron chi connectivity index (χ0n) is 10.6. The van der Waals surface area contributed by atoms with Crippen LogP contribution in [0.1, 0.15) is 58.8 Å². The van der Waals surface area contributed by atoms with Gasteiger partial charge >= 0.3 is 0 Å². The van der Waals surface area contributed by atoms with Crippen LogP contribution in [0, 0.1) is 0 Å². The Labute approximate surface area is 99.8 Å². The number of unbranched alkanes of at least 4 members (excludes halogenated alkanes) is 1. The predicted octanol–water partition coefficient (Wildman–Crippen LogP) is 3.83. The van der Waals surface area contributed by atoms with E-state index in [-0.39, 0.29) is 0 Å². The van der Waals surface area contributed by atoms with Crippen LogP contribution in [0.2, 0.25) is 0 Å². The summed E-state index contributed by atoms with van der Waals surface area (Å²) in [5, 5.41) is 3.78. The maximum absolute atomic E-state index is 3.78. The summed E-state index contributed by atoms with van der Waals surface area (Å²) in [5.41, 5.74) is 0. The second kappa shape index (κ2) is 6.80. The SMILES string of the molecule is CCCCC(CC)NCC1(SC)CCC1. The minimum atomic E-state index is 0.597. The van der Waals surface area contributed by atoms with E-state index >= 15 is 0 Å². The van der Waals surface area contributed by atoms with E-state index in [0.29, 0.717) is 4.75 Å². The van der Waals surface area contributed by atoms with Crippen LogP contribution in [0.15, 0.2) is 0 Å². The number of hydrogen-bond acceptors (Lipinski definition) is 2. The second-order valence-electron chi connectivity index (χ2n) is 4.87. The lowest BCUT2D eigenvalue weighted by Crippen LogP contribution is -2.46. The molecule has 0 heterocycles. The standard InChI is InChI=1S/C13H27NS/c1-4-6-8-12(5-2)14-11-13(15-3)9-7-10-13/h12,14H,4-11H2,1-3H3. The molecule has 0 aromatic rings. The van der Waals surface area contributed by atoms with Gasteiger partial charge in [0, 0.05) is 17.3 Å². The largest absolute Gasteiger partial charge is 0.313 e. The van der Waals surface area contributed by atoms with Crippen molar-refractivity contribution >= 4 is 11.8 Å². The van der Waals surface area contributed by atoms with Crippen molar-refractivity contribution in [1.82, 2.24) is 5.32 Å². The monoisotopic (exact) mass is 229 g/mol. The van der Waals surface area contributed by atoms with E-state index in [9.17, 15) is 0 Å². The average molecular weight is 229 g/mol. The van der Waals surface area contributed by atoms with E-state index in [1.807, 2.05) is 0 Å². The minimum absolute atomic E-state index is 0.597.